The zero-order chi connectivity index (χ0) is 21.7. The first-order chi connectivity index (χ1) is 15.3. The Morgan fingerprint density at radius 2 is 1.48 bits per heavy atom. The number of aromatic nitrogens is 1. The molecule has 0 saturated carbocycles. The molecule has 0 amide bonds. The quantitative estimate of drug-likeness (QED) is 0.247. The third-order valence-electron chi connectivity index (χ3n) is 4.03. The molecule has 4 aromatic rings. The summed E-state index contributed by atoms with van der Waals surface area (Å²) in [5.41, 5.74) is 4.26. The maximum absolute atomic E-state index is 4.58. The first-order valence-corrected chi connectivity index (χ1v) is 11.8. The molecule has 4 nitrogen and oxygen atoms in total. The molecule has 0 bridgehead atoms. The molecule has 1 heterocycles. The summed E-state index contributed by atoms with van der Waals surface area (Å²) in [6, 6.07) is 30.2. The zero-order valence-corrected chi connectivity index (χ0v) is 18.9. The number of amidine groups is 1. The molecule has 0 aliphatic rings. The first-order valence-electron chi connectivity index (χ1n) is 9.66. The highest BCUT2D eigenvalue weighted by atomic mass is 32.2. The SMILES string of the molecule is C=CN=C(Nc1ccccc1)SC.c1ccc(Nc2nc(-c3ccccc3)cs2)cc1. The third kappa shape index (κ3) is 7.44. The van der Waals surface area contributed by atoms with Gasteiger partial charge in [0.15, 0.2) is 10.3 Å². The second-order valence-corrected chi connectivity index (χ2v) is 7.86. The Morgan fingerprint density at radius 1 is 0.903 bits per heavy atom. The molecule has 0 aliphatic heterocycles. The summed E-state index contributed by atoms with van der Waals surface area (Å²) in [6.45, 7) is 3.55. The average Bonchev–Trinajstić information content (AvgIpc) is 3.30. The minimum atomic E-state index is 0.848. The van der Waals surface area contributed by atoms with E-state index >= 15 is 0 Å². The van der Waals surface area contributed by atoms with E-state index in [1.807, 2.05) is 85.1 Å². The maximum atomic E-state index is 4.58. The summed E-state index contributed by atoms with van der Waals surface area (Å²) >= 11 is 3.17. The molecule has 0 saturated heterocycles. The van der Waals surface area contributed by atoms with Crippen LogP contribution in [0.5, 0.6) is 0 Å². The van der Waals surface area contributed by atoms with Crippen molar-refractivity contribution in [2.75, 3.05) is 16.9 Å². The predicted molar refractivity (Wildman–Crippen MR) is 138 cm³/mol. The Bertz CT molecular complexity index is 1080. The second-order valence-electron chi connectivity index (χ2n) is 6.21. The fourth-order valence-electron chi connectivity index (χ4n) is 2.58. The molecule has 4 rings (SSSR count). The van der Waals surface area contributed by atoms with Gasteiger partial charge in [-0.2, -0.15) is 0 Å². The Labute approximate surface area is 191 Å². The number of nitrogens with one attached hydrogen (secondary N) is 2. The van der Waals surface area contributed by atoms with Crippen LogP contribution in [0.25, 0.3) is 11.3 Å². The van der Waals surface area contributed by atoms with Gasteiger partial charge >= 0.3 is 0 Å². The predicted octanol–water partition coefficient (Wildman–Crippen LogP) is 7.51. The highest BCUT2D eigenvalue weighted by Gasteiger charge is 2.03. The van der Waals surface area contributed by atoms with E-state index in [4.69, 9.17) is 0 Å². The highest BCUT2D eigenvalue weighted by molar-refractivity contribution is 8.13. The Hall–Kier alpha value is -3.35. The van der Waals surface area contributed by atoms with Crippen LogP contribution in [0.2, 0.25) is 0 Å². The van der Waals surface area contributed by atoms with Crippen LogP contribution in [-0.4, -0.2) is 16.4 Å². The van der Waals surface area contributed by atoms with Crippen molar-refractivity contribution in [3.63, 3.8) is 0 Å². The number of anilines is 3. The van der Waals surface area contributed by atoms with Gasteiger partial charge in [0.25, 0.3) is 0 Å². The monoisotopic (exact) mass is 444 g/mol. The Kier molecular flexibility index (Phi) is 8.91. The molecule has 6 heteroatoms. The lowest BCUT2D eigenvalue weighted by molar-refractivity contribution is 1.38. The van der Waals surface area contributed by atoms with Crippen molar-refractivity contribution in [3.8, 4) is 11.3 Å². The largest absolute Gasteiger partial charge is 0.335 e. The number of benzene rings is 3. The van der Waals surface area contributed by atoms with Crippen LogP contribution in [0, 0.1) is 0 Å². The highest BCUT2D eigenvalue weighted by Crippen LogP contribution is 2.26. The summed E-state index contributed by atoms with van der Waals surface area (Å²) in [5, 5.41) is 10.3. The standard InChI is InChI=1S/C15H12N2S.C10H12N2S/c1-3-7-12(8-4-1)14-11-18-15(17-14)16-13-9-5-2-6-10-13;1-3-11-10(13-2)12-9-7-5-4-6-8-9/h1-11H,(H,16,17);3-8H,1H2,2H3,(H,11,12). The van der Waals surface area contributed by atoms with Crippen molar-refractivity contribution < 1.29 is 0 Å². The van der Waals surface area contributed by atoms with E-state index in [2.05, 4.69) is 44.7 Å². The molecule has 0 spiro atoms. The van der Waals surface area contributed by atoms with Gasteiger partial charge in [-0.15, -0.1) is 11.3 Å². The number of thiazole rings is 1. The zero-order valence-electron chi connectivity index (χ0n) is 17.2. The van der Waals surface area contributed by atoms with Crippen molar-refractivity contribution in [2.24, 2.45) is 4.99 Å². The number of hydrogen-bond donors (Lipinski definition) is 2. The van der Waals surface area contributed by atoms with Gasteiger partial charge in [-0.05, 0) is 30.5 Å². The molecule has 2 N–H and O–H groups in total. The number of para-hydroxylation sites is 2. The molecule has 156 valence electrons. The smallest absolute Gasteiger partial charge is 0.187 e. The average molecular weight is 445 g/mol. The second kappa shape index (κ2) is 12.4. The number of aliphatic imine (C=N–C) groups is 1. The van der Waals surface area contributed by atoms with E-state index in [9.17, 15) is 0 Å². The van der Waals surface area contributed by atoms with E-state index in [-0.39, 0.29) is 0 Å². The Morgan fingerprint density at radius 3 is 2.06 bits per heavy atom. The van der Waals surface area contributed by atoms with E-state index in [1.54, 1.807) is 23.1 Å². The van der Waals surface area contributed by atoms with Crippen LogP contribution < -0.4 is 10.6 Å². The topological polar surface area (TPSA) is 49.3 Å². The van der Waals surface area contributed by atoms with E-state index < -0.39 is 0 Å². The number of hydrogen-bond acceptors (Lipinski definition) is 5. The van der Waals surface area contributed by atoms with E-state index in [0.29, 0.717) is 0 Å². The normalized spacial score (nSPS) is 10.5. The van der Waals surface area contributed by atoms with Crippen LogP contribution in [0.15, 0.2) is 114 Å². The number of rotatable bonds is 5. The van der Waals surface area contributed by atoms with Gasteiger partial charge in [0.2, 0.25) is 0 Å². The van der Waals surface area contributed by atoms with Crippen molar-refractivity contribution in [2.45, 2.75) is 0 Å². The van der Waals surface area contributed by atoms with Gasteiger partial charge in [-0.3, -0.25) is 0 Å². The Balaban J connectivity index is 0.000000187. The summed E-state index contributed by atoms with van der Waals surface area (Å²) in [6.07, 6.45) is 3.50. The fourth-order valence-corrected chi connectivity index (χ4v) is 3.72. The first kappa shape index (κ1) is 22.3. The molecular formula is C25H24N4S2. The van der Waals surface area contributed by atoms with Crippen molar-refractivity contribution in [1.82, 2.24) is 4.98 Å². The molecule has 0 unspecified atom stereocenters. The molecule has 3 aromatic carbocycles. The minimum Gasteiger partial charge on any atom is -0.335 e. The van der Waals surface area contributed by atoms with E-state index in [1.165, 1.54) is 6.20 Å². The van der Waals surface area contributed by atoms with Crippen molar-refractivity contribution in [3.05, 3.63) is 109 Å². The maximum Gasteiger partial charge on any atom is 0.187 e. The van der Waals surface area contributed by atoms with Gasteiger partial charge < -0.3 is 10.6 Å². The number of nitrogens with zero attached hydrogens (tertiary/aromatic N) is 2. The molecule has 0 radical (unpaired) electrons. The lowest BCUT2D eigenvalue weighted by atomic mass is 10.2. The van der Waals surface area contributed by atoms with Crippen molar-refractivity contribution >= 4 is 44.8 Å². The molecule has 0 aliphatic carbocycles. The van der Waals surface area contributed by atoms with Crippen LogP contribution in [0.1, 0.15) is 0 Å². The van der Waals surface area contributed by atoms with Crippen LogP contribution in [-0.2, 0) is 0 Å². The van der Waals surface area contributed by atoms with E-state index in [0.717, 1.165) is 32.9 Å². The summed E-state index contributed by atoms with van der Waals surface area (Å²) in [5.74, 6) is 0. The lowest BCUT2D eigenvalue weighted by Gasteiger charge is -2.05. The molecule has 1 aromatic heterocycles. The third-order valence-corrected chi connectivity index (χ3v) is 5.38. The van der Waals surface area contributed by atoms with Crippen molar-refractivity contribution in [1.29, 1.82) is 0 Å². The van der Waals surface area contributed by atoms with Crippen LogP contribution >= 0.6 is 23.1 Å². The van der Waals surface area contributed by atoms with Gasteiger partial charge in [-0.25, -0.2) is 9.98 Å². The van der Waals surface area contributed by atoms with Crippen LogP contribution in [0.3, 0.4) is 0 Å². The molecule has 0 fully saturated rings. The number of thioether (sulfide) groups is 1. The van der Waals surface area contributed by atoms with Gasteiger partial charge in [-0.1, -0.05) is 85.1 Å². The van der Waals surface area contributed by atoms with Crippen LogP contribution in [0.4, 0.5) is 16.5 Å². The molecule has 0 atom stereocenters. The minimum absolute atomic E-state index is 0.848. The molecule has 31 heavy (non-hydrogen) atoms. The van der Waals surface area contributed by atoms with Gasteiger partial charge in [0.05, 0.1) is 5.69 Å². The lowest BCUT2D eigenvalue weighted by Crippen LogP contribution is -2.05. The summed E-state index contributed by atoms with van der Waals surface area (Å²) in [4.78, 5) is 8.65. The van der Waals surface area contributed by atoms with Gasteiger partial charge in [0, 0.05) is 28.5 Å². The summed E-state index contributed by atoms with van der Waals surface area (Å²) in [7, 11) is 0. The van der Waals surface area contributed by atoms with Gasteiger partial charge in [0.1, 0.15) is 0 Å². The fraction of sp³-hybridized carbons (Fsp3) is 0.0400. The summed E-state index contributed by atoms with van der Waals surface area (Å²) < 4.78 is 0. The molecular weight excluding hydrogens is 420 g/mol.